The predicted molar refractivity (Wildman–Crippen MR) is 554 cm³/mol. The van der Waals surface area contributed by atoms with Crippen LogP contribution in [0.5, 0.6) is 23.0 Å². The molecule has 0 N–H and O–H groups in total. The average Bonchev–Trinajstić information content (AvgIpc) is 0.971. The highest BCUT2D eigenvalue weighted by Crippen LogP contribution is 2.58. The Kier molecular flexibility index (Phi) is 18.1. The van der Waals surface area contributed by atoms with Crippen LogP contribution in [0.4, 0.5) is 34.1 Å². The molecule has 3 aliphatic rings. The zero-order chi connectivity index (χ0) is 86.2. The van der Waals surface area contributed by atoms with Crippen molar-refractivity contribution in [2.24, 2.45) is 0 Å². The van der Waals surface area contributed by atoms with Gasteiger partial charge in [0.2, 0.25) is 13.4 Å². The average molecular weight is 1660 g/mol. The Bertz CT molecular complexity index is 8570. The number of rotatable bonds is 13. The molecule has 1 aliphatic carbocycles. The molecule has 0 unspecified atom stereocenters. The Morgan fingerprint density at radius 3 is 1.25 bits per heavy atom. The van der Waals surface area contributed by atoms with E-state index < -0.39 is 0 Å². The summed E-state index contributed by atoms with van der Waals surface area (Å²) in [5.74, 6) is 3.45. The molecule has 0 radical (unpaired) electrons. The van der Waals surface area contributed by atoms with Crippen molar-refractivity contribution in [3.63, 3.8) is 0 Å². The van der Waals surface area contributed by atoms with Crippen LogP contribution < -0.4 is 52.1 Å². The number of anilines is 6. The Balaban J connectivity index is 0.000000140. The van der Waals surface area contributed by atoms with E-state index in [1.807, 2.05) is 0 Å². The van der Waals surface area contributed by atoms with Crippen molar-refractivity contribution >= 4 is 177 Å². The lowest BCUT2D eigenvalue weighted by molar-refractivity contribution is 0.487. The minimum atomic E-state index is -0.187. The zero-order valence-electron chi connectivity index (χ0n) is 72.2. The van der Waals surface area contributed by atoms with Gasteiger partial charge in [0.15, 0.2) is 0 Å². The summed E-state index contributed by atoms with van der Waals surface area (Å²) in [4.78, 5) is 4.80. The molecule has 23 aromatic rings. The summed E-state index contributed by atoms with van der Waals surface area (Å²) in [6.45, 7) is 7.00. The Hall–Kier alpha value is -16.3. The maximum atomic E-state index is 7.09. The smallest absolute Gasteiger partial charge is 0.243 e. The standard InChI is InChI=1S/C62H44BNO.C62H40BNO/c1-39-18-7-14-30-54(39)63(55-31-15-20-40-19-8-9-23-43(40)55)56-38-51-48-27-17-33-58-60(48)52(37-50(51)44-24-10-11-26-46(44)56)47-35-34-42(36-59(47)65-58)64(41-21-5-4-6-22-41)57-32-16-28-49-45-25-12-13-29-53(45)62(2,3)61(49)57;1-3-18-43(19-4-1)49-26-13-14-31-59(49)64(46-34-33-41-17-7-8-21-44(41)37-46)47-35-36-52-56-39-54-50-27-11-12-28-51(50)58(40-55(54)53-29-16-32-60(62(53)56)65-61(52)38-47)63(45-23-5-2-6-24-45)57-30-15-22-42-20-9-10-25-48(42)57/h4-38H,1-3H3;1-40H. The third-order valence-electron chi connectivity index (χ3n) is 28.0. The van der Waals surface area contributed by atoms with Crippen LogP contribution in [0.25, 0.3) is 141 Å². The van der Waals surface area contributed by atoms with Gasteiger partial charge in [-0.2, -0.15) is 0 Å². The van der Waals surface area contributed by atoms with Crippen molar-refractivity contribution in [1.29, 1.82) is 0 Å². The lowest BCUT2D eigenvalue weighted by Gasteiger charge is -2.33. The second kappa shape index (κ2) is 30.8. The van der Waals surface area contributed by atoms with E-state index in [0.29, 0.717) is 0 Å². The van der Waals surface area contributed by atoms with Crippen molar-refractivity contribution in [2.45, 2.75) is 26.2 Å². The van der Waals surface area contributed by atoms with Crippen LogP contribution in [0.1, 0.15) is 30.5 Å². The first kappa shape index (κ1) is 76.2. The molecule has 6 heteroatoms. The van der Waals surface area contributed by atoms with Gasteiger partial charge < -0.3 is 19.3 Å². The Labute approximate surface area is 756 Å². The topological polar surface area (TPSA) is 24.9 Å². The number of hydrogen-bond donors (Lipinski definition) is 0. The van der Waals surface area contributed by atoms with Crippen molar-refractivity contribution in [3.05, 3.63) is 472 Å². The second-order valence-corrected chi connectivity index (χ2v) is 35.5. The van der Waals surface area contributed by atoms with E-state index in [4.69, 9.17) is 9.47 Å². The van der Waals surface area contributed by atoms with Gasteiger partial charge in [0.1, 0.15) is 23.0 Å². The molecule has 0 atom stereocenters. The van der Waals surface area contributed by atoms with Gasteiger partial charge in [-0.25, -0.2) is 0 Å². The summed E-state index contributed by atoms with van der Waals surface area (Å²) in [5.41, 5.74) is 27.6. The molecule has 0 bridgehead atoms. The molecule has 2 aliphatic heterocycles. The SMILES string of the molecule is Cc1ccccc1B(c1cccc2ccccc12)c1cc2c3cccc4c3c(cc2c2ccccc12)-c1ccc(N(c2ccccc2)c2cccc3c2C(C)(C)c2ccccc2-3)cc1O4.c1ccc(B(c2cccc3ccccc23)c2cc3c4cccc5c4c(cc3c3ccccc23)-c2ccc(N(c3ccc4ccccc4c3)c3ccccc3-c3ccccc3)cc2O5)cc1. The maximum absolute atomic E-state index is 7.09. The number of ether oxygens (including phenoxy) is 2. The number of para-hydroxylation sites is 2. The van der Waals surface area contributed by atoms with Crippen molar-refractivity contribution in [1.82, 2.24) is 0 Å². The minimum absolute atomic E-state index is 0.00961. The molecule has 0 amide bonds. The summed E-state index contributed by atoms with van der Waals surface area (Å²) < 4.78 is 14.2. The van der Waals surface area contributed by atoms with Gasteiger partial charge in [-0.1, -0.05) is 410 Å². The molecule has 4 nitrogen and oxygen atoms in total. The maximum Gasteiger partial charge on any atom is 0.243 e. The van der Waals surface area contributed by atoms with Gasteiger partial charge in [0.25, 0.3) is 0 Å². The Morgan fingerprint density at radius 2 is 0.638 bits per heavy atom. The number of benzene rings is 23. The van der Waals surface area contributed by atoms with Crippen LogP contribution in [0, 0.1) is 6.92 Å². The van der Waals surface area contributed by atoms with Crippen molar-refractivity contribution in [3.8, 4) is 67.5 Å². The van der Waals surface area contributed by atoms with Gasteiger partial charge in [0.05, 0.1) is 11.4 Å². The molecule has 0 saturated carbocycles. The van der Waals surface area contributed by atoms with E-state index in [1.54, 1.807) is 0 Å². The molecule has 0 spiro atoms. The van der Waals surface area contributed by atoms with E-state index in [-0.39, 0.29) is 18.8 Å². The van der Waals surface area contributed by atoms with Gasteiger partial charge in [-0.3, -0.25) is 0 Å². The first-order valence-electron chi connectivity index (χ1n) is 45.2. The fraction of sp³-hybridized carbons (Fsp3) is 0.0323. The molecule has 608 valence electrons. The molecule has 23 aromatic carbocycles. The van der Waals surface area contributed by atoms with E-state index in [2.05, 4.69) is 486 Å². The molecule has 0 aromatic heterocycles. The van der Waals surface area contributed by atoms with Crippen LogP contribution in [0.2, 0.25) is 0 Å². The normalized spacial score (nSPS) is 12.5. The molecular formula is C124H84B2N2O2. The summed E-state index contributed by atoms with van der Waals surface area (Å²) in [6.07, 6.45) is 0. The first-order valence-corrected chi connectivity index (χ1v) is 45.2. The third-order valence-corrected chi connectivity index (χ3v) is 28.0. The fourth-order valence-electron chi connectivity index (χ4n) is 22.2. The third kappa shape index (κ3) is 12.4. The fourth-order valence-corrected chi connectivity index (χ4v) is 22.2. The van der Waals surface area contributed by atoms with Gasteiger partial charge in [-0.05, 0) is 217 Å². The summed E-state index contributed by atoms with van der Waals surface area (Å²) in [7, 11) is 0. The lowest BCUT2D eigenvalue weighted by Crippen LogP contribution is -2.53. The summed E-state index contributed by atoms with van der Waals surface area (Å²) >= 11 is 0. The summed E-state index contributed by atoms with van der Waals surface area (Å²) in [6, 6.07) is 167. The van der Waals surface area contributed by atoms with Crippen LogP contribution in [0.3, 0.4) is 0 Å². The molecule has 0 saturated heterocycles. The van der Waals surface area contributed by atoms with E-state index in [1.165, 1.54) is 164 Å². The number of fused-ring (bicyclic) bond motifs is 18. The highest BCUT2D eigenvalue weighted by molar-refractivity contribution is 6.99. The Morgan fingerprint density at radius 1 is 0.223 bits per heavy atom. The van der Waals surface area contributed by atoms with Gasteiger partial charge in [0, 0.05) is 67.8 Å². The van der Waals surface area contributed by atoms with Gasteiger partial charge in [-0.15, -0.1) is 0 Å². The summed E-state index contributed by atoms with van der Waals surface area (Å²) in [5, 5.41) is 22.1. The first-order chi connectivity index (χ1) is 64.2. The largest absolute Gasteiger partial charge is 0.456 e. The van der Waals surface area contributed by atoms with Gasteiger partial charge >= 0.3 is 0 Å². The zero-order valence-corrected chi connectivity index (χ0v) is 72.2. The predicted octanol–water partition coefficient (Wildman–Crippen LogP) is 29.6. The van der Waals surface area contributed by atoms with Crippen LogP contribution in [-0.4, -0.2) is 13.4 Å². The lowest BCUT2D eigenvalue weighted by atomic mass is 9.35. The second-order valence-electron chi connectivity index (χ2n) is 35.5. The van der Waals surface area contributed by atoms with Crippen LogP contribution >= 0.6 is 0 Å². The quantitative estimate of drug-likeness (QED) is 0.0848. The molecule has 26 rings (SSSR count). The molecule has 2 heterocycles. The van der Waals surface area contributed by atoms with Crippen LogP contribution in [-0.2, 0) is 5.41 Å². The number of aryl methyl sites for hydroxylation is 1. The van der Waals surface area contributed by atoms with E-state index >= 15 is 0 Å². The van der Waals surface area contributed by atoms with Crippen molar-refractivity contribution in [2.75, 3.05) is 9.80 Å². The molecule has 0 fully saturated rings. The van der Waals surface area contributed by atoms with Crippen LogP contribution in [0.15, 0.2) is 455 Å². The monoisotopic (exact) mass is 1650 g/mol. The molecule has 130 heavy (non-hydrogen) atoms. The van der Waals surface area contributed by atoms with Crippen molar-refractivity contribution < 1.29 is 9.47 Å². The highest BCUT2D eigenvalue weighted by Gasteiger charge is 2.40. The van der Waals surface area contributed by atoms with E-state index in [9.17, 15) is 0 Å². The number of hydrogen-bond acceptors (Lipinski definition) is 4. The number of nitrogens with zero attached hydrogens (tertiary/aromatic N) is 2. The van der Waals surface area contributed by atoms with E-state index in [0.717, 1.165) is 84.5 Å². The molecular weight excluding hydrogens is 1570 g/mol. The highest BCUT2D eigenvalue weighted by atomic mass is 16.5. The minimum Gasteiger partial charge on any atom is -0.456 e.